The molecule has 0 radical (unpaired) electrons. The van der Waals surface area contributed by atoms with Crippen LogP contribution in [0.4, 0.5) is 0 Å². The van der Waals surface area contributed by atoms with E-state index in [1.165, 1.54) is 0 Å². The number of nitrogens with zero attached hydrogens (tertiary/aromatic N) is 1. The van der Waals surface area contributed by atoms with Gasteiger partial charge in [0, 0.05) is 30.0 Å². The molecule has 0 amide bonds. The van der Waals surface area contributed by atoms with Crippen LogP contribution in [-0.4, -0.2) is 21.7 Å². The van der Waals surface area contributed by atoms with Gasteiger partial charge in [-0.15, -0.1) is 0 Å². The van der Waals surface area contributed by atoms with Gasteiger partial charge in [0.05, 0.1) is 12.3 Å². The molecular formula is C20H18N2O3. The third kappa shape index (κ3) is 2.89. The van der Waals surface area contributed by atoms with Crippen LogP contribution in [0.15, 0.2) is 47.3 Å². The number of benzene rings is 2. The van der Waals surface area contributed by atoms with Gasteiger partial charge in [-0.2, -0.15) is 0 Å². The molecule has 3 aromatic rings. The summed E-state index contributed by atoms with van der Waals surface area (Å²) in [5.41, 5.74) is 3.67. The molecule has 0 bridgehead atoms. The Kier molecular flexibility index (Phi) is 3.76. The van der Waals surface area contributed by atoms with Gasteiger partial charge in [-0.25, -0.2) is 4.98 Å². The topological polar surface area (TPSA) is 75.2 Å². The van der Waals surface area contributed by atoms with E-state index >= 15 is 0 Å². The molecule has 2 heterocycles. The number of rotatable bonds is 3. The van der Waals surface area contributed by atoms with Crippen LogP contribution in [0.2, 0.25) is 0 Å². The van der Waals surface area contributed by atoms with E-state index in [1.54, 1.807) is 13.0 Å². The molecule has 1 aliphatic rings. The monoisotopic (exact) mass is 334 g/mol. The third-order valence-corrected chi connectivity index (χ3v) is 4.44. The average Bonchev–Trinajstić information content (AvgIpc) is 3.05. The number of aromatic hydroxyl groups is 1. The van der Waals surface area contributed by atoms with Gasteiger partial charge in [-0.1, -0.05) is 30.3 Å². The van der Waals surface area contributed by atoms with E-state index in [2.05, 4.69) is 9.97 Å². The first kappa shape index (κ1) is 15.4. The minimum atomic E-state index is -0.178. The second-order valence-corrected chi connectivity index (χ2v) is 6.21. The fourth-order valence-electron chi connectivity index (χ4n) is 3.21. The van der Waals surface area contributed by atoms with Crippen LogP contribution in [0, 0.1) is 6.92 Å². The van der Waals surface area contributed by atoms with Crippen LogP contribution in [-0.2, 0) is 12.8 Å². The Bertz CT molecular complexity index is 994. The largest absolute Gasteiger partial charge is 0.508 e. The number of aromatic amines is 1. The Morgan fingerprint density at radius 3 is 2.84 bits per heavy atom. The molecular weight excluding hydrogens is 316 g/mol. The van der Waals surface area contributed by atoms with Crippen molar-refractivity contribution in [3.05, 3.63) is 75.3 Å². The summed E-state index contributed by atoms with van der Waals surface area (Å²) in [6.07, 6.45) is 1.13. The molecule has 1 aromatic heterocycles. The van der Waals surface area contributed by atoms with Crippen molar-refractivity contribution in [3.8, 4) is 22.8 Å². The van der Waals surface area contributed by atoms with Gasteiger partial charge in [0.2, 0.25) is 0 Å². The highest BCUT2D eigenvalue weighted by Crippen LogP contribution is 2.34. The molecule has 5 heteroatoms. The highest BCUT2D eigenvalue weighted by atomic mass is 16.5. The van der Waals surface area contributed by atoms with Crippen molar-refractivity contribution in [1.82, 2.24) is 9.97 Å². The fraction of sp³-hybridized carbons (Fsp3) is 0.200. The molecule has 0 saturated carbocycles. The lowest BCUT2D eigenvalue weighted by Crippen LogP contribution is -2.18. The molecule has 5 nitrogen and oxygen atoms in total. The van der Waals surface area contributed by atoms with Crippen LogP contribution in [0.3, 0.4) is 0 Å². The number of nitrogens with one attached hydrogen (secondary N) is 1. The first-order valence-corrected chi connectivity index (χ1v) is 8.24. The number of hydrogen-bond donors (Lipinski definition) is 2. The zero-order valence-electron chi connectivity index (χ0n) is 13.9. The Labute approximate surface area is 145 Å². The number of H-pyrrole nitrogens is 1. The maximum absolute atomic E-state index is 12.6. The molecule has 0 aliphatic carbocycles. The van der Waals surface area contributed by atoms with Crippen molar-refractivity contribution in [2.45, 2.75) is 19.8 Å². The predicted molar refractivity (Wildman–Crippen MR) is 95.1 cm³/mol. The molecule has 0 atom stereocenters. The Balaban J connectivity index is 1.83. The van der Waals surface area contributed by atoms with Gasteiger partial charge in [0.25, 0.3) is 5.56 Å². The van der Waals surface area contributed by atoms with Crippen molar-refractivity contribution in [3.63, 3.8) is 0 Å². The lowest BCUT2D eigenvalue weighted by atomic mass is 9.98. The van der Waals surface area contributed by atoms with Crippen LogP contribution in [0.25, 0.3) is 11.3 Å². The molecule has 0 fully saturated rings. The van der Waals surface area contributed by atoms with Crippen molar-refractivity contribution >= 4 is 0 Å². The summed E-state index contributed by atoms with van der Waals surface area (Å²) in [7, 11) is 0. The quantitative estimate of drug-likeness (QED) is 0.772. The van der Waals surface area contributed by atoms with Gasteiger partial charge < -0.3 is 14.8 Å². The lowest BCUT2D eigenvalue weighted by Gasteiger charge is -2.11. The summed E-state index contributed by atoms with van der Waals surface area (Å²) in [4.78, 5) is 19.9. The van der Waals surface area contributed by atoms with Crippen LogP contribution >= 0.6 is 0 Å². The lowest BCUT2D eigenvalue weighted by molar-refractivity contribution is 0.354. The molecule has 0 saturated heterocycles. The summed E-state index contributed by atoms with van der Waals surface area (Å²) in [6.45, 7) is 2.39. The first-order chi connectivity index (χ1) is 12.1. The molecule has 25 heavy (non-hydrogen) atoms. The van der Waals surface area contributed by atoms with Gasteiger partial charge in [0.15, 0.2) is 0 Å². The second-order valence-electron chi connectivity index (χ2n) is 6.21. The van der Waals surface area contributed by atoms with Crippen LogP contribution in [0.1, 0.15) is 22.5 Å². The summed E-state index contributed by atoms with van der Waals surface area (Å²) in [5.74, 6) is 1.43. The molecule has 126 valence electrons. The maximum Gasteiger partial charge on any atom is 0.255 e. The van der Waals surface area contributed by atoms with Gasteiger partial charge in [-0.3, -0.25) is 4.79 Å². The SMILES string of the molecule is Cc1nc(-c2ccccc2)c(Cc2cc3c(cc2O)OCC3)c(=O)[nH]1. The van der Waals surface area contributed by atoms with Gasteiger partial charge >= 0.3 is 0 Å². The number of fused-ring (bicyclic) bond motifs is 1. The zero-order chi connectivity index (χ0) is 17.4. The number of aromatic nitrogens is 2. The normalized spacial score (nSPS) is 12.7. The number of phenolic OH excluding ortho intramolecular Hbond substituents is 1. The first-order valence-electron chi connectivity index (χ1n) is 8.24. The van der Waals surface area contributed by atoms with Crippen LogP contribution in [0.5, 0.6) is 11.5 Å². The number of hydrogen-bond acceptors (Lipinski definition) is 4. The standard InChI is InChI=1S/C20H18N2O3/c1-12-21-19(13-5-3-2-4-6-13)16(20(24)22-12)10-15-9-14-7-8-25-18(14)11-17(15)23/h2-6,9,11,23H,7-8,10H2,1H3,(H,21,22,24). The molecule has 0 unspecified atom stereocenters. The highest BCUT2D eigenvalue weighted by molar-refractivity contribution is 5.64. The Morgan fingerprint density at radius 2 is 2.04 bits per heavy atom. The van der Waals surface area contributed by atoms with E-state index in [0.717, 1.165) is 23.3 Å². The summed E-state index contributed by atoms with van der Waals surface area (Å²) in [6, 6.07) is 13.2. The highest BCUT2D eigenvalue weighted by Gasteiger charge is 2.19. The predicted octanol–water partition coefficient (Wildman–Crippen LogP) is 2.98. The van der Waals surface area contributed by atoms with E-state index in [1.807, 2.05) is 36.4 Å². The van der Waals surface area contributed by atoms with Crippen molar-refractivity contribution < 1.29 is 9.84 Å². The van der Waals surface area contributed by atoms with E-state index in [-0.39, 0.29) is 11.3 Å². The Morgan fingerprint density at radius 1 is 1.24 bits per heavy atom. The smallest absolute Gasteiger partial charge is 0.255 e. The molecule has 4 rings (SSSR count). The Hall–Kier alpha value is -3.08. The summed E-state index contributed by atoms with van der Waals surface area (Å²) < 4.78 is 5.48. The van der Waals surface area contributed by atoms with Gasteiger partial charge in [-0.05, 0) is 24.1 Å². The molecule has 1 aliphatic heterocycles. The fourth-order valence-corrected chi connectivity index (χ4v) is 3.21. The van der Waals surface area contributed by atoms with Crippen molar-refractivity contribution in [1.29, 1.82) is 0 Å². The van der Waals surface area contributed by atoms with E-state index in [0.29, 0.717) is 35.7 Å². The van der Waals surface area contributed by atoms with E-state index in [9.17, 15) is 9.90 Å². The minimum absolute atomic E-state index is 0.139. The minimum Gasteiger partial charge on any atom is -0.508 e. The molecule has 2 aromatic carbocycles. The molecule has 2 N–H and O–H groups in total. The van der Waals surface area contributed by atoms with E-state index < -0.39 is 0 Å². The van der Waals surface area contributed by atoms with Crippen molar-refractivity contribution in [2.24, 2.45) is 0 Å². The maximum atomic E-state index is 12.6. The number of ether oxygens (including phenoxy) is 1. The van der Waals surface area contributed by atoms with Gasteiger partial charge in [0.1, 0.15) is 17.3 Å². The van der Waals surface area contributed by atoms with Crippen LogP contribution < -0.4 is 10.3 Å². The summed E-state index contributed by atoms with van der Waals surface area (Å²) >= 11 is 0. The zero-order valence-corrected chi connectivity index (χ0v) is 13.9. The van der Waals surface area contributed by atoms with E-state index in [4.69, 9.17) is 4.74 Å². The average molecular weight is 334 g/mol. The number of phenols is 1. The second kappa shape index (κ2) is 6.09. The number of aryl methyl sites for hydroxylation is 1. The third-order valence-electron chi connectivity index (χ3n) is 4.44. The molecule has 0 spiro atoms. The van der Waals surface area contributed by atoms with Crippen molar-refractivity contribution in [2.75, 3.05) is 6.61 Å². The summed E-state index contributed by atoms with van der Waals surface area (Å²) in [5, 5.41) is 10.3.